The third-order valence-corrected chi connectivity index (χ3v) is 8.31. The molecule has 0 amide bonds. The molecule has 0 radical (unpaired) electrons. The van der Waals surface area contributed by atoms with Gasteiger partial charge < -0.3 is 35.8 Å². The molecule has 4 rings (SSSR count). The van der Waals surface area contributed by atoms with Gasteiger partial charge in [-0.2, -0.15) is 4.98 Å². The first kappa shape index (κ1) is 31.4. The predicted molar refractivity (Wildman–Crippen MR) is 173 cm³/mol. The highest BCUT2D eigenvalue weighted by molar-refractivity contribution is 7.80. The fourth-order valence-electron chi connectivity index (χ4n) is 5.47. The Morgan fingerprint density at radius 2 is 1.66 bits per heavy atom. The molecule has 41 heavy (non-hydrogen) atoms. The van der Waals surface area contributed by atoms with Crippen LogP contribution in [0.15, 0.2) is 30.3 Å². The van der Waals surface area contributed by atoms with E-state index in [1.165, 1.54) is 49.7 Å². The van der Waals surface area contributed by atoms with E-state index in [9.17, 15) is 0 Å². The van der Waals surface area contributed by atoms with E-state index in [-0.39, 0.29) is 0 Å². The smallest absolute Gasteiger partial charge is 0.225 e. The first-order valence-electron chi connectivity index (χ1n) is 15.5. The summed E-state index contributed by atoms with van der Waals surface area (Å²) in [7, 11) is 1.72. The van der Waals surface area contributed by atoms with E-state index in [1.54, 1.807) is 7.11 Å². The molecule has 1 aromatic carbocycles. The van der Waals surface area contributed by atoms with E-state index in [1.807, 2.05) is 6.92 Å². The standard InChI is InChI=1S/C31H50N8OS/c1-25-22-29(38-17-19-39(20-18-38)31(41)34-16-7-21-40-2)37-30(36-25)35-24-27-12-10-26(11-13-27)23-32-14-6-15-33-28-8-4-3-5-9-28/h10-13,22,28,32-33H,3-9,14-21,23-24H2,1-2H3,(H,34,41)(H,35,36,37). The predicted octanol–water partition coefficient (Wildman–Crippen LogP) is 3.83. The second-order valence-electron chi connectivity index (χ2n) is 11.2. The van der Waals surface area contributed by atoms with Crippen LogP contribution in [0.1, 0.15) is 61.8 Å². The summed E-state index contributed by atoms with van der Waals surface area (Å²) in [5.74, 6) is 1.64. The normalized spacial score (nSPS) is 16.1. The maximum atomic E-state index is 5.58. The molecule has 0 bridgehead atoms. The molecule has 2 aliphatic rings. The molecule has 2 fully saturated rings. The van der Waals surface area contributed by atoms with Crippen LogP contribution in [0, 0.1) is 6.92 Å². The van der Waals surface area contributed by atoms with E-state index >= 15 is 0 Å². The van der Waals surface area contributed by atoms with Crippen LogP contribution in [0.4, 0.5) is 11.8 Å². The molecule has 226 valence electrons. The quantitative estimate of drug-likeness (QED) is 0.184. The Morgan fingerprint density at radius 1 is 0.927 bits per heavy atom. The monoisotopic (exact) mass is 582 g/mol. The van der Waals surface area contributed by atoms with E-state index < -0.39 is 0 Å². The van der Waals surface area contributed by atoms with Gasteiger partial charge in [0.1, 0.15) is 5.82 Å². The lowest BCUT2D eigenvalue weighted by Gasteiger charge is -2.37. The highest BCUT2D eigenvalue weighted by atomic mass is 32.1. The van der Waals surface area contributed by atoms with Gasteiger partial charge in [-0.1, -0.05) is 43.5 Å². The molecule has 2 aromatic rings. The zero-order valence-corrected chi connectivity index (χ0v) is 25.9. The summed E-state index contributed by atoms with van der Waals surface area (Å²) >= 11 is 5.58. The number of hydrogen-bond acceptors (Lipinski definition) is 8. The molecule has 0 spiro atoms. The van der Waals surface area contributed by atoms with Gasteiger partial charge in [0, 0.05) is 77.3 Å². The molecule has 0 atom stereocenters. The molecule has 2 heterocycles. The number of hydrogen-bond donors (Lipinski definition) is 4. The fraction of sp³-hybridized carbons (Fsp3) is 0.645. The van der Waals surface area contributed by atoms with E-state index in [4.69, 9.17) is 21.9 Å². The Balaban J connectivity index is 1.15. The lowest BCUT2D eigenvalue weighted by Crippen LogP contribution is -2.52. The lowest BCUT2D eigenvalue weighted by atomic mass is 9.95. The molecule has 10 heteroatoms. The minimum absolute atomic E-state index is 0.672. The second kappa shape index (κ2) is 17.4. The third-order valence-electron chi connectivity index (χ3n) is 7.90. The molecule has 4 N–H and O–H groups in total. The van der Waals surface area contributed by atoms with Gasteiger partial charge in [0.25, 0.3) is 0 Å². The topological polar surface area (TPSA) is 89.6 Å². The number of rotatable bonds is 15. The first-order valence-corrected chi connectivity index (χ1v) is 15.9. The molecular weight excluding hydrogens is 532 g/mol. The van der Waals surface area contributed by atoms with Crippen molar-refractivity contribution >= 4 is 29.1 Å². The van der Waals surface area contributed by atoms with Crippen molar-refractivity contribution in [2.45, 2.75) is 71.0 Å². The number of thiocarbonyl (C=S) groups is 1. The summed E-state index contributed by atoms with van der Waals surface area (Å²) in [6, 6.07) is 11.6. The first-order chi connectivity index (χ1) is 20.1. The Hall–Kier alpha value is -2.53. The molecule has 1 saturated carbocycles. The average molecular weight is 583 g/mol. The number of ether oxygens (including phenoxy) is 1. The van der Waals surface area contributed by atoms with E-state index in [0.29, 0.717) is 12.5 Å². The van der Waals surface area contributed by atoms with Crippen LogP contribution in [0.25, 0.3) is 0 Å². The SMILES string of the molecule is COCCCNC(=S)N1CCN(c2cc(C)nc(NCc3ccc(CNCCCNC4CCCCC4)cc3)n2)CC1. The minimum atomic E-state index is 0.672. The molecular formula is C31H50N8OS. The number of methoxy groups -OCH3 is 1. The Kier molecular flexibility index (Phi) is 13.4. The number of aromatic nitrogens is 2. The Labute approximate surface area is 252 Å². The van der Waals surface area contributed by atoms with Gasteiger partial charge in [0.2, 0.25) is 5.95 Å². The molecule has 1 saturated heterocycles. The number of piperazine rings is 1. The number of aryl methyl sites for hydroxylation is 1. The van der Waals surface area contributed by atoms with Gasteiger partial charge in [0.05, 0.1) is 0 Å². The molecule has 1 aliphatic heterocycles. The third kappa shape index (κ3) is 11.0. The van der Waals surface area contributed by atoms with Crippen molar-refractivity contribution in [3.05, 3.63) is 47.2 Å². The second-order valence-corrected chi connectivity index (χ2v) is 11.6. The van der Waals surface area contributed by atoms with E-state index in [0.717, 1.165) is 88.1 Å². The van der Waals surface area contributed by atoms with Crippen molar-refractivity contribution in [2.75, 3.05) is 69.7 Å². The van der Waals surface area contributed by atoms with Crippen LogP contribution < -0.4 is 26.2 Å². The van der Waals surface area contributed by atoms with Crippen LogP contribution >= 0.6 is 12.2 Å². The number of anilines is 2. The zero-order chi connectivity index (χ0) is 28.7. The number of nitrogens with one attached hydrogen (secondary N) is 4. The highest BCUT2D eigenvalue weighted by Gasteiger charge is 2.20. The highest BCUT2D eigenvalue weighted by Crippen LogP contribution is 2.18. The van der Waals surface area contributed by atoms with Crippen LogP contribution in [0.2, 0.25) is 0 Å². The van der Waals surface area contributed by atoms with Gasteiger partial charge in [-0.25, -0.2) is 4.98 Å². The molecule has 9 nitrogen and oxygen atoms in total. The van der Waals surface area contributed by atoms with Crippen LogP contribution in [-0.2, 0) is 17.8 Å². The maximum Gasteiger partial charge on any atom is 0.225 e. The van der Waals surface area contributed by atoms with Crippen molar-refractivity contribution < 1.29 is 4.74 Å². The van der Waals surface area contributed by atoms with Gasteiger partial charge in [0.15, 0.2) is 5.11 Å². The minimum Gasteiger partial charge on any atom is -0.385 e. The van der Waals surface area contributed by atoms with Crippen molar-refractivity contribution in [1.29, 1.82) is 0 Å². The summed E-state index contributed by atoms with van der Waals surface area (Å²) in [6.45, 7) is 10.9. The number of benzene rings is 1. The Morgan fingerprint density at radius 3 is 2.39 bits per heavy atom. The summed E-state index contributed by atoms with van der Waals surface area (Å²) < 4.78 is 5.11. The summed E-state index contributed by atoms with van der Waals surface area (Å²) in [5, 5.41) is 14.9. The van der Waals surface area contributed by atoms with Crippen molar-refractivity contribution in [2.24, 2.45) is 0 Å². The fourth-order valence-corrected chi connectivity index (χ4v) is 5.75. The summed E-state index contributed by atoms with van der Waals surface area (Å²) in [5.41, 5.74) is 3.50. The maximum absolute atomic E-state index is 5.58. The lowest BCUT2D eigenvalue weighted by molar-refractivity contribution is 0.195. The van der Waals surface area contributed by atoms with Crippen molar-refractivity contribution in [3.63, 3.8) is 0 Å². The summed E-state index contributed by atoms with van der Waals surface area (Å²) in [4.78, 5) is 14.0. The van der Waals surface area contributed by atoms with Crippen molar-refractivity contribution in [1.82, 2.24) is 30.8 Å². The molecule has 1 aliphatic carbocycles. The Bertz CT molecular complexity index is 1040. The molecule has 0 unspecified atom stereocenters. The van der Waals surface area contributed by atoms with Gasteiger partial charge in [-0.15, -0.1) is 0 Å². The average Bonchev–Trinajstić information content (AvgIpc) is 3.01. The largest absolute Gasteiger partial charge is 0.385 e. The molecule has 1 aromatic heterocycles. The van der Waals surface area contributed by atoms with Gasteiger partial charge in [-0.3, -0.25) is 0 Å². The van der Waals surface area contributed by atoms with Crippen LogP contribution in [-0.4, -0.2) is 85.6 Å². The van der Waals surface area contributed by atoms with Crippen LogP contribution in [0.5, 0.6) is 0 Å². The summed E-state index contributed by atoms with van der Waals surface area (Å²) in [6.07, 6.45) is 9.03. The van der Waals surface area contributed by atoms with Crippen molar-refractivity contribution in [3.8, 4) is 0 Å². The van der Waals surface area contributed by atoms with Gasteiger partial charge in [-0.05, 0) is 69.0 Å². The zero-order valence-electron chi connectivity index (χ0n) is 25.1. The number of nitrogens with zero attached hydrogens (tertiary/aromatic N) is 4. The van der Waals surface area contributed by atoms with Crippen LogP contribution in [0.3, 0.4) is 0 Å². The van der Waals surface area contributed by atoms with Gasteiger partial charge >= 0.3 is 0 Å². The van der Waals surface area contributed by atoms with E-state index in [2.05, 4.69) is 66.4 Å².